The highest BCUT2D eigenvalue weighted by Gasteiger charge is 2.17. The first-order valence-corrected chi connectivity index (χ1v) is 5.80. The van der Waals surface area contributed by atoms with Gasteiger partial charge in [0.15, 0.2) is 0 Å². The van der Waals surface area contributed by atoms with Crippen molar-refractivity contribution >= 4 is 15.9 Å². The molecule has 0 radical (unpaired) electrons. The monoisotopic (exact) mass is 271 g/mol. The van der Waals surface area contributed by atoms with E-state index in [4.69, 9.17) is 9.47 Å². The summed E-state index contributed by atoms with van der Waals surface area (Å²) in [5, 5.41) is 3.27. The van der Waals surface area contributed by atoms with Crippen molar-refractivity contribution in [1.29, 1.82) is 0 Å². The maximum absolute atomic E-state index is 5.86. The van der Waals surface area contributed by atoms with Crippen molar-refractivity contribution in [3.8, 4) is 11.5 Å². The fraction of sp³-hybridized carbons (Fsp3) is 0.455. The van der Waals surface area contributed by atoms with Gasteiger partial charge in [-0.1, -0.05) is 0 Å². The van der Waals surface area contributed by atoms with Gasteiger partial charge in [-0.05, 0) is 41.0 Å². The number of hydrogen-bond acceptors (Lipinski definition) is 3. The molecule has 0 amide bonds. The van der Waals surface area contributed by atoms with Crippen molar-refractivity contribution in [2.24, 2.45) is 0 Å². The number of benzene rings is 1. The summed E-state index contributed by atoms with van der Waals surface area (Å²) in [5.41, 5.74) is 0. The minimum atomic E-state index is 0.272. The average molecular weight is 272 g/mol. The van der Waals surface area contributed by atoms with Crippen LogP contribution in [0.1, 0.15) is 6.42 Å². The Hall–Kier alpha value is -0.740. The number of nitrogens with one attached hydrogen (secondary N) is 1. The van der Waals surface area contributed by atoms with Crippen LogP contribution in [-0.4, -0.2) is 26.3 Å². The van der Waals surface area contributed by atoms with Gasteiger partial charge in [-0.3, -0.25) is 0 Å². The molecule has 1 saturated heterocycles. The van der Waals surface area contributed by atoms with E-state index in [1.54, 1.807) is 7.11 Å². The molecule has 1 unspecified atom stereocenters. The standard InChI is InChI=1S/C11H14BrNO2/c1-14-8-2-3-10(12)11(6-8)15-9-4-5-13-7-9/h2-3,6,9,13H,4-5,7H2,1H3. The molecule has 3 nitrogen and oxygen atoms in total. The average Bonchev–Trinajstić information content (AvgIpc) is 2.74. The Morgan fingerprint density at radius 1 is 1.47 bits per heavy atom. The van der Waals surface area contributed by atoms with Crippen LogP contribution in [0.25, 0.3) is 0 Å². The summed E-state index contributed by atoms with van der Waals surface area (Å²) >= 11 is 3.47. The van der Waals surface area contributed by atoms with Crippen LogP contribution in [0.15, 0.2) is 22.7 Å². The molecule has 1 fully saturated rings. The van der Waals surface area contributed by atoms with Crippen molar-refractivity contribution < 1.29 is 9.47 Å². The zero-order valence-electron chi connectivity index (χ0n) is 8.63. The van der Waals surface area contributed by atoms with Gasteiger partial charge in [0.1, 0.15) is 17.6 Å². The van der Waals surface area contributed by atoms with E-state index in [1.165, 1.54) is 0 Å². The van der Waals surface area contributed by atoms with Gasteiger partial charge in [0.25, 0.3) is 0 Å². The Balaban J connectivity index is 2.11. The third-order valence-corrected chi connectivity index (χ3v) is 3.10. The van der Waals surface area contributed by atoms with E-state index in [2.05, 4.69) is 21.2 Å². The van der Waals surface area contributed by atoms with E-state index in [0.717, 1.165) is 35.5 Å². The highest BCUT2D eigenvalue weighted by atomic mass is 79.9. The van der Waals surface area contributed by atoms with E-state index in [-0.39, 0.29) is 6.10 Å². The molecule has 15 heavy (non-hydrogen) atoms. The van der Waals surface area contributed by atoms with Crippen LogP contribution in [0.2, 0.25) is 0 Å². The summed E-state index contributed by atoms with van der Waals surface area (Å²) in [4.78, 5) is 0. The molecule has 1 aromatic rings. The topological polar surface area (TPSA) is 30.5 Å². The molecule has 0 bridgehead atoms. The zero-order chi connectivity index (χ0) is 10.7. The third-order valence-electron chi connectivity index (χ3n) is 2.45. The number of halogens is 1. The van der Waals surface area contributed by atoms with Crippen molar-refractivity contribution in [3.05, 3.63) is 22.7 Å². The lowest BCUT2D eigenvalue weighted by Gasteiger charge is -2.14. The molecule has 0 aromatic heterocycles. The summed E-state index contributed by atoms with van der Waals surface area (Å²) < 4.78 is 12.0. The molecule has 1 aliphatic heterocycles. The maximum atomic E-state index is 5.86. The van der Waals surface area contributed by atoms with Crippen LogP contribution in [0, 0.1) is 0 Å². The summed E-state index contributed by atoms with van der Waals surface area (Å²) in [5.74, 6) is 1.67. The fourth-order valence-electron chi connectivity index (χ4n) is 1.61. The Morgan fingerprint density at radius 2 is 2.33 bits per heavy atom. The van der Waals surface area contributed by atoms with Crippen LogP contribution >= 0.6 is 15.9 Å². The number of methoxy groups -OCH3 is 1. The predicted octanol–water partition coefficient (Wildman–Crippen LogP) is 2.20. The van der Waals surface area contributed by atoms with Gasteiger partial charge < -0.3 is 14.8 Å². The molecule has 0 aliphatic carbocycles. The Morgan fingerprint density at radius 3 is 3.00 bits per heavy atom. The first-order chi connectivity index (χ1) is 7.29. The summed E-state index contributed by atoms with van der Waals surface area (Å²) in [6.07, 6.45) is 1.33. The molecule has 4 heteroatoms. The van der Waals surface area contributed by atoms with E-state index in [9.17, 15) is 0 Å². The number of rotatable bonds is 3. The van der Waals surface area contributed by atoms with Gasteiger partial charge in [0, 0.05) is 12.6 Å². The molecule has 1 N–H and O–H groups in total. The van der Waals surface area contributed by atoms with Gasteiger partial charge in [-0.15, -0.1) is 0 Å². The lowest BCUT2D eigenvalue weighted by Crippen LogP contribution is -2.19. The molecule has 2 rings (SSSR count). The minimum Gasteiger partial charge on any atom is -0.497 e. The van der Waals surface area contributed by atoms with Gasteiger partial charge >= 0.3 is 0 Å². The van der Waals surface area contributed by atoms with E-state index >= 15 is 0 Å². The second kappa shape index (κ2) is 4.86. The Kier molecular flexibility index (Phi) is 3.49. The van der Waals surface area contributed by atoms with Gasteiger partial charge in [-0.2, -0.15) is 0 Å². The molecule has 0 saturated carbocycles. The van der Waals surface area contributed by atoms with E-state index < -0.39 is 0 Å². The highest BCUT2D eigenvalue weighted by Crippen LogP contribution is 2.30. The highest BCUT2D eigenvalue weighted by molar-refractivity contribution is 9.10. The predicted molar refractivity (Wildman–Crippen MR) is 62.6 cm³/mol. The van der Waals surface area contributed by atoms with Crippen molar-refractivity contribution in [3.63, 3.8) is 0 Å². The molecule has 1 heterocycles. The minimum absolute atomic E-state index is 0.272. The summed E-state index contributed by atoms with van der Waals surface area (Å²) in [6, 6.07) is 5.75. The quantitative estimate of drug-likeness (QED) is 0.915. The molecule has 0 spiro atoms. The SMILES string of the molecule is COc1ccc(Br)c(OC2CCNC2)c1. The first-order valence-electron chi connectivity index (χ1n) is 5.00. The zero-order valence-corrected chi connectivity index (χ0v) is 10.2. The smallest absolute Gasteiger partial charge is 0.137 e. The van der Waals surface area contributed by atoms with Crippen molar-refractivity contribution in [2.45, 2.75) is 12.5 Å². The fourth-order valence-corrected chi connectivity index (χ4v) is 1.95. The Labute approximate surface area is 97.9 Å². The molecule has 1 atom stereocenters. The van der Waals surface area contributed by atoms with Crippen molar-refractivity contribution in [2.75, 3.05) is 20.2 Å². The van der Waals surface area contributed by atoms with E-state index in [1.807, 2.05) is 18.2 Å². The van der Waals surface area contributed by atoms with Crippen LogP contribution in [-0.2, 0) is 0 Å². The summed E-state index contributed by atoms with van der Waals surface area (Å²) in [7, 11) is 1.66. The normalized spacial score (nSPS) is 20.3. The molecular weight excluding hydrogens is 258 g/mol. The van der Waals surface area contributed by atoms with Crippen LogP contribution in [0.3, 0.4) is 0 Å². The lowest BCUT2D eigenvalue weighted by molar-refractivity contribution is 0.220. The maximum Gasteiger partial charge on any atom is 0.137 e. The summed E-state index contributed by atoms with van der Waals surface area (Å²) in [6.45, 7) is 1.95. The van der Waals surface area contributed by atoms with E-state index in [0.29, 0.717) is 0 Å². The van der Waals surface area contributed by atoms with Crippen molar-refractivity contribution in [1.82, 2.24) is 5.32 Å². The van der Waals surface area contributed by atoms with Gasteiger partial charge in [0.05, 0.1) is 11.6 Å². The molecule has 1 aliphatic rings. The third kappa shape index (κ3) is 2.63. The molecule has 1 aromatic carbocycles. The van der Waals surface area contributed by atoms with Crippen LogP contribution < -0.4 is 14.8 Å². The molecular formula is C11H14BrNO2. The van der Waals surface area contributed by atoms with Crippen LogP contribution in [0.4, 0.5) is 0 Å². The Bertz CT molecular complexity index is 337. The van der Waals surface area contributed by atoms with Gasteiger partial charge in [0.2, 0.25) is 0 Å². The second-order valence-corrected chi connectivity index (χ2v) is 4.38. The first kappa shape index (κ1) is 10.8. The molecule has 82 valence electrons. The second-order valence-electron chi connectivity index (χ2n) is 3.53. The number of hydrogen-bond donors (Lipinski definition) is 1. The number of ether oxygens (including phenoxy) is 2. The van der Waals surface area contributed by atoms with Crippen LogP contribution in [0.5, 0.6) is 11.5 Å². The lowest BCUT2D eigenvalue weighted by atomic mass is 10.3. The van der Waals surface area contributed by atoms with Gasteiger partial charge in [-0.25, -0.2) is 0 Å². The largest absolute Gasteiger partial charge is 0.497 e.